The number of carbonyl (C=O) groups is 2. The van der Waals surface area contributed by atoms with Crippen LogP contribution in [0.15, 0.2) is 24.3 Å². The predicted octanol–water partition coefficient (Wildman–Crippen LogP) is 2.79. The number of rotatable bonds is 6. The molecule has 0 aliphatic heterocycles. The van der Waals surface area contributed by atoms with Crippen LogP contribution >= 0.6 is 0 Å². The molecular weight excluding hydrogens is 360 g/mol. The van der Waals surface area contributed by atoms with E-state index in [2.05, 4.69) is 9.47 Å². The molecule has 1 atom stereocenters. The molecule has 0 saturated carbocycles. The zero-order valence-corrected chi connectivity index (χ0v) is 14.9. The molecule has 1 unspecified atom stereocenters. The Labute approximate surface area is 147 Å². The Morgan fingerprint density at radius 2 is 1.15 bits per heavy atom. The van der Waals surface area contributed by atoms with Gasteiger partial charge in [-0.15, -0.1) is 0 Å². The number of carbonyl (C=O) groups excluding carboxylic acids is 2. The Kier molecular flexibility index (Phi) is 5.78. The van der Waals surface area contributed by atoms with Crippen LogP contribution in [-0.2, 0) is 30.1 Å². The van der Waals surface area contributed by atoms with E-state index in [4.69, 9.17) is 0 Å². The van der Waals surface area contributed by atoms with Gasteiger partial charge in [0.1, 0.15) is 0 Å². The Bertz CT molecular complexity index is 622. The Morgan fingerprint density at radius 3 is 1.54 bits per heavy atom. The van der Waals surface area contributed by atoms with Crippen LogP contribution in [0.3, 0.4) is 0 Å². The predicted molar refractivity (Wildman–Crippen MR) is 83.0 cm³/mol. The van der Waals surface area contributed by atoms with Gasteiger partial charge in [0.05, 0.1) is 19.6 Å². The summed E-state index contributed by atoms with van der Waals surface area (Å²) in [6, 6.07) is 4.07. The summed E-state index contributed by atoms with van der Waals surface area (Å²) in [5, 5.41) is 10.1. The molecule has 0 heterocycles. The summed E-state index contributed by atoms with van der Waals surface area (Å²) in [5.41, 5.74) is -5.41. The number of methoxy groups -OCH3 is 2. The lowest BCUT2D eigenvalue weighted by molar-refractivity contribution is -0.210. The minimum Gasteiger partial charge on any atom is -0.465 e. The van der Waals surface area contributed by atoms with Crippen molar-refractivity contribution in [1.29, 1.82) is 0 Å². The van der Waals surface area contributed by atoms with Crippen molar-refractivity contribution >= 4 is 11.9 Å². The molecule has 0 fully saturated rings. The monoisotopic (exact) mass is 380 g/mol. The number of benzene rings is 1. The second kappa shape index (κ2) is 6.86. The first-order chi connectivity index (χ1) is 11.7. The molecule has 1 aromatic carbocycles. The Balaban J connectivity index is 3.31. The lowest BCUT2D eigenvalue weighted by Crippen LogP contribution is -2.49. The molecule has 26 heavy (non-hydrogen) atoms. The number of halogens is 4. The van der Waals surface area contributed by atoms with Crippen LogP contribution in [0.25, 0.3) is 0 Å². The zero-order valence-electron chi connectivity index (χ0n) is 14.9. The lowest BCUT2D eigenvalue weighted by atomic mass is 9.77. The number of esters is 2. The summed E-state index contributed by atoms with van der Waals surface area (Å²) in [5.74, 6) is -11.8. The van der Waals surface area contributed by atoms with Gasteiger partial charge in [0, 0.05) is 0 Å². The third-order valence-electron chi connectivity index (χ3n) is 4.45. The van der Waals surface area contributed by atoms with Crippen molar-refractivity contribution in [2.24, 2.45) is 0 Å². The molecule has 0 aliphatic rings. The van der Waals surface area contributed by atoms with Gasteiger partial charge in [-0.25, -0.2) is 9.59 Å². The molecule has 146 valence electrons. The van der Waals surface area contributed by atoms with Crippen LogP contribution in [0.5, 0.6) is 0 Å². The van der Waals surface area contributed by atoms with Crippen LogP contribution in [0.1, 0.15) is 31.9 Å². The topological polar surface area (TPSA) is 72.8 Å². The molecule has 0 saturated heterocycles. The molecule has 5 nitrogen and oxygen atoms in total. The normalized spacial score (nSPS) is 15.2. The fourth-order valence-electron chi connectivity index (χ4n) is 2.28. The molecule has 0 aromatic heterocycles. The second-order valence-electron chi connectivity index (χ2n) is 6.41. The van der Waals surface area contributed by atoms with Gasteiger partial charge in [0.2, 0.25) is 0 Å². The van der Waals surface area contributed by atoms with Crippen molar-refractivity contribution in [3.05, 3.63) is 35.4 Å². The standard InChI is InChI=1S/C17H20F4O5/c1-14(2,16(18,19)12(22)25-4)10-6-8-11(9-7-10)15(3,24)17(20,21)13(23)26-5/h6-9,24H,1-5H3. The highest BCUT2D eigenvalue weighted by Crippen LogP contribution is 2.42. The smallest absolute Gasteiger partial charge is 0.380 e. The fourth-order valence-corrected chi connectivity index (χ4v) is 2.28. The van der Waals surface area contributed by atoms with E-state index in [1.807, 2.05) is 0 Å². The number of hydrogen-bond donors (Lipinski definition) is 1. The van der Waals surface area contributed by atoms with Gasteiger partial charge in [-0.1, -0.05) is 24.3 Å². The van der Waals surface area contributed by atoms with E-state index in [1.165, 1.54) is 0 Å². The van der Waals surface area contributed by atoms with Crippen molar-refractivity contribution in [3.63, 3.8) is 0 Å². The van der Waals surface area contributed by atoms with Crippen LogP contribution in [-0.4, -0.2) is 43.1 Å². The van der Waals surface area contributed by atoms with E-state index in [0.29, 0.717) is 6.92 Å². The van der Waals surface area contributed by atoms with Crippen molar-refractivity contribution in [3.8, 4) is 0 Å². The molecule has 0 amide bonds. The molecule has 0 aliphatic carbocycles. The van der Waals surface area contributed by atoms with Gasteiger partial charge in [-0.05, 0) is 31.9 Å². The molecule has 1 rings (SSSR count). The molecular formula is C17H20F4O5. The van der Waals surface area contributed by atoms with Gasteiger partial charge in [0.25, 0.3) is 0 Å². The quantitative estimate of drug-likeness (QED) is 0.607. The van der Waals surface area contributed by atoms with Crippen LogP contribution in [0.4, 0.5) is 17.6 Å². The van der Waals surface area contributed by atoms with Crippen LogP contribution in [0, 0.1) is 0 Å². The largest absolute Gasteiger partial charge is 0.465 e. The second-order valence-corrected chi connectivity index (χ2v) is 6.41. The minimum absolute atomic E-state index is 0.0613. The molecule has 0 bridgehead atoms. The third-order valence-corrected chi connectivity index (χ3v) is 4.45. The van der Waals surface area contributed by atoms with Gasteiger partial charge in [0.15, 0.2) is 5.60 Å². The van der Waals surface area contributed by atoms with Crippen molar-refractivity contribution < 1.29 is 41.7 Å². The summed E-state index contributed by atoms with van der Waals surface area (Å²) in [7, 11) is 1.56. The molecule has 0 spiro atoms. The van der Waals surface area contributed by atoms with Crippen LogP contribution < -0.4 is 0 Å². The summed E-state index contributed by atoms with van der Waals surface area (Å²) in [4.78, 5) is 22.6. The molecule has 0 radical (unpaired) electrons. The van der Waals surface area contributed by atoms with Gasteiger partial charge < -0.3 is 14.6 Å². The van der Waals surface area contributed by atoms with Gasteiger partial charge in [-0.2, -0.15) is 17.6 Å². The van der Waals surface area contributed by atoms with E-state index in [0.717, 1.165) is 52.3 Å². The van der Waals surface area contributed by atoms with Crippen LogP contribution in [0.2, 0.25) is 0 Å². The highest BCUT2D eigenvalue weighted by atomic mass is 19.3. The average Bonchev–Trinajstić information content (AvgIpc) is 2.59. The average molecular weight is 380 g/mol. The summed E-state index contributed by atoms with van der Waals surface area (Å²) < 4.78 is 64.7. The number of alkyl halides is 4. The first kappa shape index (κ1) is 21.9. The number of ether oxygens (including phenoxy) is 2. The third kappa shape index (κ3) is 3.27. The molecule has 1 N–H and O–H groups in total. The lowest BCUT2D eigenvalue weighted by Gasteiger charge is -2.34. The number of aliphatic hydroxyl groups is 1. The Morgan fingerprint density at radius 1 is 0.808 bits per heavy atom. The maximum absolute atomic E-state index is 14.3. The maximum atomic E-state index is 14.3. The highest BCUT2D eigenvalue weighted by molar-refractivity contribution is 5.80. The molecule has 1 aromatic rings. The maximum Gasteiger partial charge on any atom is 0.380 e. The zero-order chi connectivity index (χ0) is 20.6. The number of hydrogen-bond acceptors (Lipinski definition) is 5. The summed E-state index contributed by atoms with van der Waals surface area (Å²) in [6.45, 7) is 2.87. The minimum atomic E-state index is -4.27. The van der Waals surface area contributed by atoms with Crippen molar-refractivity contribution in [2.45, 2.75) is 43.6 Å². The van der Waals surface area contributed by atoms with E-state index in [1.54, 1.807) is 0 Å². The van der Waals surface area contributed by atoms with Gasteiger partial charge >= 0.3 is 23.8 Å². The van der Waals surface area contributed by atoms with Crippen molar-refractivity contribution in [1.82, 2.24) is 0 Å². The summed E-state index contributed by atoms with van der Waals surface area (Å²) in [6.07, 6.45) is 0. The van der Waals surface area contributed by atoms with E-state index in [9.17, 15) is 32.3 Å². The highest BCUT2D eigenvalue weighted by Gasteiger charge is 2.58. The Hall–Kier alpha value is -2.16. The van der Waals surface area contributed by atoms with E-state index < -0.39 is 40.4 Å². The fraction of sp³-hybridized carbons (Fsp3) is 0.529. The first-order valence-corrected chi connectivity index (χ1v) is 7.43. The van der Waals surface area contributed by atoms with E-state index in [-0.39, 0.29) is 5.56 Å². The van der Waals surface area contributed by atoms with Crippen molar-refractivity contribution in [2.75, 3.05) is 14.2 Å². The molecule has 9 heteroatoms. The van der Waals surface area contributed by atoms with Gasteiger partial charge in [-0.3, -0.25) is 0 Å². The SMILES string of the molecule is COC(=O)C(F)(F)C(C)(C)c1ccc(C(C)(O)C(F)(F)C(=O)OC)cc1. The van der Waals surface area contributed by atoms with E-state index >= 15 is 0 Å². The summed E-state index contributed by atoms with van der Waals surface area (Å²) >= 11 is 0. The first-order valence-electron chi connectivity index (χ1n) is 7.43.